The Morgan fingerprint density at radius 2 is 1.81 bits per heavy atom. The third kappa shape index (κ3) is 5.77. The number of nitrogens with zero attached hydrogens (tertiary/aromatic N) is 1. The minimum atomic E-state index is -0.226. The first-order valence-electron chi connectivity index (χ1n) is 7.74. The van der Waals surface area contributed by atoms with E-state index in [0.717, 1.165) is 31.4 Å². The fraction of sp³-hybridized carbons (Fsp3) is 0.611. The molecule has 21 heavy (non-hydrogen) atoms. The van der Waals surface area contributed by atoms with Gasteiger partial charge in [-0.1, -0.05) is 12.1 Å². The van der Waals surface area contributed by atoms with Crippen LogP contribution in [0.1, 0.15) is 49.8 Å². The molecule has 0 saturated heterocycles. The summed E-state index contributed by atoms with van der Waals surface area (Å²) in [4.78, 5) is 0. The number of nitrogens with two attached hydrogens (primary N) is 1. The quantitative estimate of drug-likeness (QED) is 0.738. The average molecular weight is 288 g/mol. The molecule has 0 amide bonds. The normalized spacial score (nSPS) is 11.2. The first-order chi connectivity index (χ1) is 9.89. The number of hydrogen-bond donors (Lipinski definition) is 1. The molecule has 0 aliphatic heterocycles. The van der Waals surface area contributed by atoms with Crippen LogP contribution in [0.2, 0.25) is 0 Å². The SMILES string of the molecule is Cc1cc(CCN)cc(C)c1OCCCCC(C)(C)C#N. The van der Waals surface area contributed by atoms with Gasteiger partial charge in [0, 0.05) is 0 Å². The van der Waals surface area contributed by atoms with Crippen molar-refractivity contribution in [1.29, 1.82) is 5.26 Å². The maximum Gasteiger partial charge on any atom is 0.125 e. The van der Waals surface area contributed by atoms with Crippen molar-refractivity contribution >= 4 is 0 Å². The van der Waals surface area contributed by atoms with E-state index in [1.807, 2.05) is 13.8 Å². The van der Waals surface area contributed by atoms with Gasteiger partial charge in [-0.3, -0.25) is 0 Å². The number of nitriles is 1. The summed E-state index contributed by atoms with van der Waals surface area (Å²) >= 11 is 0. The highest BCUT2D eigenvalue weighted by molar-refractivity contribution is 5.43. The van der Waals surface area contributed by atoms with Crippen LogP contribution in [0.15, 0.2) is 12.1 Å². The molecule has 0 radical (unpaired) electrons. The van der Waals surface area contributed by atoms with Gasteiger partial charge in [-0.2, -0.15) is 5.26 Å². The second-order valence-electron chi connectivity index (χ2n) is 6.40. The molecule has 0 spiro atoms. The second kappa shape index (κ2) is 8.05. The van der Waals surface area contributed by atoms with Crippen LogP contribution >= 0.6 is 0 Å². The largest absolute Gasteiger partial charge is 0.493 e. The molecule has 0 heterocycles. The standard InChI is InChI=1S/C18H28N2O/c1-14-11-16(7-9-19)12-15(2)17(14)21-10-6-5-8-18(3,4)13-20/h11-12H,5-10,19H2,1-4H3. The van der Waals surface area contributed by atoms with Gasteiger partial charge in [0.05, 0.1) is 18.1 Å². The molecule has 0 fully saturated rings. The van der Waals surface area contributed by atoms with Crippen molar-refractivity contribution in [3.63, 3.8) is 0 Å². The van der Waals surface area contributed by atoms with Crippen molar-refractivity contribution in [3.8, 4) is 11.8 Å². The molecule has 0 aromatic heterocycles. The fourth-order valence-corrected chi connectivity index (χ4v) is 2.48. The highest BCUT2D eigenvalue weighted by Gasteiger charge is 2.15. The minimum Gasteiger partial charge on any atom is -0.493 e. The molecule has 0 aliphatic rings. The highest BCUT2D eigenvalue weighted by atomic mass is 16.5. The average Bonchev–Trinajstić information content (AvgIpc) is 2.41. The predicted octanol–water partition coefficient (Wildman–Crippen LogP) is 3.90. The van der Waals surface area contributed by atoms with E-state index >= 15 is 0 Å². The Morgan fingerprint density at radius 3 is 2.33 bits per heavy atom. The van der Waals surface area contributed by atoms with Crippen molar-refractivity contribution in [1.82, 2.24) is 0 Å². The van der Waals surface area contributed by atoms with E-state index in [9.17, 15) is 0 Å². The summed E-state index contributed by atoms with van der Waals surface area (Å²) in [5.74, 6) is 0.996. The molecule has 2 N–H and O–H groups in total. The number of rotatable bonds is 8. The minimum absolute atomic E-state index is 0.226. The first-order valence-corrected chi connectivity index (χ1v) is 7.74. The van der Waals surface area contributed by atoms with Gasteiger partial charge in [0.15, 0.2) is 0 Å². The van der Waals surface area contributed by atoms with Gasteiger partial charge in [0.2, 0.25) is 0 Å². The van der Waals surface area contributed by atoms with Gasteiger partial charge in [0.1, 0.15) is 5.75 Å². The molecule has 0 unspecified atom stereocenters. The summed E-state index contributed by atoms with van der Waals surface area (Å²) in [6.07, 6.45) is 3.82. The zero-order valence-corrected chi connectivity index (χ0v) is 13.8. The molecular weight excluding hydrogens is 260 g/mol. The maximum absolute atomic E-state index is 8.98. The Hall–Kier alpha value is -1.53. The van der Waals surface area contributed by atoms with Crippen LogP contribution in [-0.2, 0) is 6.42 Å². The summed E-state index contributed by atoms with van der Waals surface area (Å²) in [6.45, 7) is 9.52. The van der Waals surface area contributed by atoms with Crippen LogP contribution in [0.3, 0.4) is 0 Å². The van der Waals surface area contributed by atoms with E-state index in [1.54, 1.807) is 0 Å². The van der Waals surface area contributed by atoms with E-state index < -0.39 is 0 Å². The topological polar surface area (TPSA) is 59.0 Å². The summed E-state index contributed by atoms with van der Waals surface area (Å²) in [6, 6.07) is 6.66. The van der Waals surface area contributed by atoms with Crippen LogP contribution in [-0.4, -0.2) is 13.2 Å². The molecular formula is C18H28N2O. The third-order valence-corrected chi connectivity index (χ3v) is 3.70. The Bertz CT molecular complexity index is 477. The molecule has 0 saturated carbocycles. The van der Waals surface area contributed by atoms with Gasteiger partial charge < -0.3 is 10.5 Å². The summed E-state index contributed by atoms with van der Waals surface area (Å²) in [5, 5.41) is 8.98. The summed E-state index contributed by atoms with van der Waals surface area (Å²) < 4.78 is 5.93. The second-order valence-corrected chi connectivity index (χ2v) is 6.40. The van der Waals surface area contributed by atoms with Crippen LogP contribution in [0.4, 0.5) is 0 Å². The summed E-state index contributed by atoms with van der Waals surface area (Å²) in [7, 11) is 0. The van der Waals surface area contributed by atoms with E-state index in [4.69, 9.17) is 15.7 Å². The Morgan fingerprint density at radius 1 is 1.19 bits per heavy atom. The van der Waals surface area contributed by atoms with Gasteiger partial charge in [-0.25, -0.2) is 0 Å². The lowest BCUT2D eigenvalue weighted by molar-refractivity contribution is 0.291. The van der Waals surface area contributed by atoms with E-state index in [-0.39, 0.29) is 5.41 Å². The number of unbranched alkanes of at least 4 members (excludes halogenated alkanes) is 1. The molecule has 3 nitrogen and oxygen atoms in total. The van der Waals surface area contributed by atoms with E-state index in [1.165, 1.54) is 16.7 Å². The number of aryl methyl sites for hydroxylation is 2. The third-order valence-electron chi connectivity index (χ3n) is 3.70. The molecule has 0 atom stereocenters. The molecule has 1 aromatic rings. The number of hydrogen-bond acceptors (Lipinski definition) is 3. The van der Waals surface area contributed by atoms with Crippen molar-refractivity contribution in [2.24, 2.45) is 11.1 Å². The molecule has 1 rings (SSSR count). The maximum atomic E-state index is 8.98. The van der Waals surface area contributed by atoms with Crippen LogP contribution < -0.4 is 10.5 Å². The highest BCUT2D eigenvalue weighted by Crippen LogP contribution is 2.26. The van der Waals surface area contributed by atoms with Gasteiger partial charge in [-0.05, 0) is 76.6 Å². The smallest absolute Gasteiger partial charge is 0.125 e. The van der Waals surface area contributed by atoms with Crippen LogP contribution in [0.25, 0.3) is 0 Å². The first kappa shape index (κ1) is 17.5. The van der Waals surface area contributed by atoms with E-state index in [2.05, 4.69) is 32.0 Å². The molecule has 116 valence electrons. The number of benzene rings is 1. The van der Waals surface area contributed by atoms with Crippen LogP contribution in [0, 0.1) is 30.6 Å². The lowest BCUT2D eigenvalue weighted by Crippen LogP contribution is -2.09. The summed E-state index contributed by atoms with van der Waals surface area (Å²) in [5.41, 5.74) is 9.01. The Kier molecular flexibility index (Phi) is 6.71. The van der Waals surface area contributed by atoms with Crippen molar-refractivity contribution in [3.05, 3.63) is 28.8 Å². The molecule has 1 aromatic carbocycles. The van der Waals surface area contributed by atoms with Crippen molar-refractivity contribution < 1.29 is 4.74 Å². The Balaban J connectivity index is 2.48. The molecule has 0 bridgehead atoms. The zero-order chi connectivity index (χ0) is 15.9. The van der Waals surface area contributed by atoms with E-state index in [0.29, 0.717) is 13.2 Å². The monoisotopic (exact) mass is 288 g/mol. The van der Waals surface area contributed by atoms with Crippen molar-refractivity contribution in [2.45, 2.75) is 53.4 Å². The lowest BCUT2D eigenvalue weighted by Gasteiger charge is -2.16. The van der Waals surface area contributed by atoms with Crippen molar-refractivity contribution in [2.75, 3.05) is 13.2 Å². The number of ether oxygens (including phenoxy) is 1. The fourth-order valence-electron chi connectivity index (χ4n) is 2.48. The predicted molar refractivity (Wildman–Crippen MR) is 87.4 cm³/mol. The zero-order valence-electron chi connectivity index (χ0n) is 13.8. The Labute approximate surface area is 129 Å². The lowest BCUT2D eigenvalue weighted by atomic mass is 9.89. The van der Waals surface area contributed by atoms with Gasteiger partial charge in [-0.15, -0.1) is 0 Å². The molecule has 3 heteroatoms. The molecule has 0 aliphatic carbocycles. The van der Waals surface area contributed by atoms with Gasteiger partial charge >= 0.3 is 0 Å². The van der Waals surface area contributed by atoms with Crippen LogP contribution in [0.5, 0.6) is 5.75 Å². The van der Waals surface area contributed by atoms with Gasteiger partial charge in [0.25, 0.3) is 0 Å².